The molecule has 0 aliphatic carbocycles. The fourth-order valence-electron chi connectivity index (χ4n) is 2.82. The van der Waals surface area contributed by atoms with Gasteiger partial charge in [0.25, 0.3) is 5.91 Å². The average Bonchev–Trinajstić information content (AvgIpc) is 3.20. The van der Waals surface area contributed by atoms with Crippen LogP contribution >= 0.6 is 0 Å². The van der Waals surface area contributed by atoms with Crippen molar-refractivity contribution in [2.24, 2.45) is 0 Å². The Hall–Kier alpha value is -4.00. The molecule has 6 nitrogen and oxygen atoms in total. The van der Waals surface area contributed by atoms with Crippen molar-refractivity contribution in [1.29, 1.82) is 0 Å². The largest absolute Gasteiger partial charge is 0.325 e. The van der Waals surface area contributed by atoms with Gasteiger partial charge in [-0.05, 0) is 61.0 Å². The standard InChI is InChI=1S/C22H18FN5O/c1-14-4-9-18(26-21(29)15-5-7-17(23)8-6-15)11-19(14)27-22-25-13-20(28-22)16-3-2-10-24-12-16/h2-13H,1H3,(H,26,29)(H2,25,27,28). The Kier molecular flexibility index (Phi) is 5.03. The Balaban J connectivity index is 1.51. The number of hydrogen-bond donors (Lipinski definition) is 3. The van der Waals surface area contributed by atoms with E-state index in [-0.39, 0.29) is 11.7 Å². The molecule has 1 amide bonds. The van der Waals surface area contributed by atoms with Crippen molar-refractivity contribution in [2.45, 2.75) is 6.92 Å². The lowest BCUT2D eigenvalue weighted by atomic mass is 10.1. The zero-order chi connectivity index (χ0) is 20.2. The lowest BCUT2D eigenvalue weighted by molar-refractivity contribution is 0.102. The second-order valence-corrected chi connectivity index (χ2v) is 6.50. The van der Waals surface area contributed by atoms with Crippen molar-refractivity contribution >= 4 is 23.2 Å². The Morgan fingerprint density at radius 3 is 2.66 bits per heavy atom. The predicted molar refractivity (Wildman–Crippen MR) is 111 cm³/mol. The number of nitrogens with one attached hydrogen (secondary N) is 3. The van der Waals surface area contributed by atoms with Crippen LogP contribution in [0.3, 0.4) is 0 Å². The Labute approximate surface area is 166 Å². The summed E-state index contributed by atoms with van der Waals surface area (Å²) in [6.07, 6.45) is 5.21. The summed E-state index contributed by atoms with van der Waals surface area (Å²) in [6.45, 7) is 1.96. The van der Waals surface area contributed by atoms with E-state index in [1.54, 1.807) is 18.6 Å². The number of imidazole rings is 1. The predicted octanol–water partition coefficient (Wildman–Crippen LogP) is 4.92. The van der Waals surface area contributed by atoms with E-state index in [2.05, 4.69) is 25.6 Å². The lowest BCUT2D eigenvalue weighted by Gasteiger charge is -2.11. The molecule has 4 aromatic rings. The third kappa shape index (κ3) is 4.30. The number of hydrogen-bond acceptors (Lipinski definition) is 4. The van der Waals surface area contributed by atoms with E-state index in [9.17, 15) is 9.18 Å². The van der Waals surface area contributed by atoms with E-state index in [1.165, 1.54) is 24.3 Å². The van der Waals surface area contributed by atoms with E-state index in [0.29, 0.717) is 17.2 Å². The number of halogens is 1. The van der Waals surface area contributed by atoms with E-state index in [1.807, 2.05) is 37.3 Å². The third-order valence-electron chi connectivity index (χ3n) is 4.40. The van der Waals surface area contributed by atoms with Gasteiger partial charge in [-0.3, -0.25) is 9.78 Å². The molecule has 2 aromatic carbocycles. The Morgan fingerprint density at radius 2 is 1.90 bits per heavy atom. The van der Waals surface area contributed by atoms with Crippen LogP contribution in [0.4, 0.5) is 21.7 Å². The minimum atomic E-state index is -0.382. The fraction of sp³-hybridized carbons (Fsp3) is 0.0455. The van der Waals surface area contributed by atoms with Crippen molar-refractivity contribution in [3.63, 3.8) is 0 Å². The molecule has 0 aliphatic rings. The van der Waals surface area contributed by atoms with E-state index in [0.717, 1.165) is 22.5 Å². The van der Waals surface area contributed by atoms with E-state index >= 15 is 0 Å². The zero-order valence-electron chi connectivity index (χ0n) is 15.6. The maximum absolute atomic E-state index is 13.0. The molecule has 29 heavy (non-hydrogen) atoms. The number of aromatic nitrogens is 3. The minimum Gasteiger partial charge on any atom is -0.325 e. The molecule has 2 aromatic heterocycles. The molecule has 0 fully saturated rings. The maximum Gasteiger partial charge on any atom is 0.255 e. The third-order valence-corrected chi connectivity index (χ3v) is 4.40. The molecular formula is C22H18FN5O. The zero-order valence-corrected chi connectivity index (χ0v) is 15.6. The number of aryl methyl sites for hydroxylation is 1. The van der Waals surface area contributed by atoms with Gasteiger partial charge in [-0.15, -0.1) is 0 Å². The molecule has 7 heteroatoms. The molecule has 3 N–H and O–H groups in total. The number of anilines is 3. The highest BCUT2D eigenvalue weighted by molar-refractivity contribution is 6.04. The number of aromatic amines is 1. The van der Waals surface area contributed by atoms with E-state index < -0.39 is 0 Å². The minimum absolute atomic E-state index is 0.309. The van der Waals surface area contributed by atoms with Crippen LogP contribution in [-0.2, 0) is 0 Å². The van der Waals surface area contributed by atoms with Crippen LogP contribution in [0.2, 0.25) is 0 Å². The summed E-state index contributed by atoms with van der Waals surface area (Å²) in [6, 6.07) is 14.7. The summed E-state index contributed by atoms with van der Waals surface area (Å²) in [5.41, 5.74) is 4.57. The van der Waals surface area contributed by atoms with Gasteiger partial charge in [-0.1, -0.05) is 6.07 Å². The van der Waals surface area contributed by atoms with Crippen molar-refractivity contribution in [1.82, 2.24) is 15.0 Å². The Morgan fingerprint density at radius 1 is 1.07 bits per heavy atom. The molecule has 0 radical (unpaired) electrons. The van der Waals surface area contributed by atoms with Crippen LogP contribution in [0.15, 0.2) is 73.2 Å². The Bertz CT molecular complexity index is 1140. The molecule has 4 rings (SSSR count). The van der Waals surface area contributed by atoms with Crippen molar-refractivity contribution < 1.29 is 9.18 Å². The summed E-state index contributed by atoms with van der Waals surface area (Å²) < 4.78 is 13.0. The van der Waals surface area contributed by atoms with E-state index in [4.69, 9.17) is 0 Å². The van der Waals surface area contributed by atoms with Crippen molar-refractivity contribution in [3.05, 3.63) is 90.1 Å². The van der Waals surface area contributed by atoms with Gasteiger partial charge in [-0.25, -0.2) is 9.37 Å². The van der Waals surface area contributed by atoms with Crippen molar-refractivity contribution in [3.8, 4) is 11.3 Å². The second-order valence-electron chi connectivity index (χ2n) is 6.50. The van der Waals surface area contributed by atoms with Gasteiger partial charge in [-0.2, -0.15) is 0 Å². The highest BCUT2D eigenvalue weighted by Gasteiger charge is 2.09. The van der Waals surface area contributed by atoms with Crippen LogP contribution in [0, 0.1) is 12.7 Å². The molecule has 0 spiro atoms. The average molecular weight is 387 g/mol. The SMILES string of the molecule is Cc1ccc(NC(=O)c2ccc(F)cc2)cc1Nc1ncc(-c2cccnc2)[nH]1. The first kappa shape index (κ1) is 18.4. The van der Waals surface area contributed by atoms with Crippen LogP contribution in [-0.4, -0.2) is 20.9 Å². The highest BCUT2D eigenvalue weighted by Crippen LogP contribution is 2.25. The summed E-state index contributed by atoms with van der Waals surface area (Å²) in [5, 5.41) is 6.06. The van der Waals surface area contributed by atoms with Crippen LogP contribution in [0.25, 0.3) is 11.3 Å². The summed E-state index contributed by atoms with van der Waals surface area (Å²) in [5.74, 6) is -0.113. The molecule has 0 bridgehead atoms. The number of nitrogens with zero attached hydrogens (tertiary/aromatic N) is 2. The van der Waals surface area contributed by atoms with Gasteiger partial charge in [0.2, 0.25) is 5.95 Å². The molecule has 0 atom stereocenters. The quantitative estimate of drug-likeness (QED) is 0.454. The number of carbonyl (C=O) groups excluding carboxylic acids is 1. The van der Waals surface area contributed by atoms with Crippen LogP contribution in [0.5, 0.6) is 0 Å². The number of carbonyl (C=O) groups is 1. The molecule has 0 aliphatic heterocycles. The first-order valence-electron chi connectivity index (χ1n) is 8.98. The van der Waals surface area contributed by atoms with Crippen LogP contribution in [0.1, 0.15) is 15.9 Å². The van der Waals surface area contributed by atoms with Gasteiger partial charge in [0.05, 0.1) is 11.9 Å². The maximum atomic E-state index is 13.0. The first-order chi connectivity index (χ1) is 14.1. The number of H-pyrrole nitrogens is 1. The summed E-state index contributed by atoms with van der Waals surface area (Å²) in [7, 11) is 0. The second kappa shape index (κ2) is 7.93. The monoisotopic (exact) mass is 387 g/mol. The number of benzene rings is 2. The van der Waals surface area contributed by atoms with Gasteiger partial charge in [0.1, 0.15) is 5.82 Å². The first-order valence-corrected chi connectivity index (χ1v) is 8.98. The molecule has 2 heterocycles. The van der Waals surface area contributed by atoms with Crippen LogP contribution < -0.4 is 10.6 Å². The number of amides is 1. The smallest absolute Gasteiger partial charge is 0.255 e. The van der Waals surface area contributed by atoms with Gasteiger partial charge < -0.3 is 15.6 Å². The lowest BCUT2D eigenvalue weighted by Crippen LogP contribution is -2.12. The summed E-state index contributed by atoms with van der Waals surface area (Å²) >= 11 is 0. The molecule has 0 saturated carbocycles. The summed E-state index contributed by atoms with van der Waals surface area (Å²) in [4.78, 5) is 24.0. The molecule has 0 saturated heterocycles. The number of pyridine rings is 1. The van der Waals surface area contributed by atoms with Gasteiger partial charge >= 0.3 is 0 Å². The van der Waals surface area contributed by atoms with Gasteiger partial charge in [0, 0.05) is 34.9 Å². The molecule has 0 unspecified atom stereocenters. The normalized spacial score (nSPS) is 10.6. The van der Waals surface area contributed by atoms with Crippen molar-refractivity contribution in [2.75, 3.05) is 10.6 Å². The fourth-order valence-corrected chi connectivity index (χ4v) is 2.82. The highest BCUT2D eigenvalue weighted by atomic mass is 19.1. The number of rotatable bonds is 5. The topological polar surface area (TPSA) is 82.7 Å². The molecule has 144 valence electrons. The van der Waals surface area contributed by atoms with Gasteiger partial charge in [0.15, 0.2) is 0 Å². The molecular weight excluding hydrogens is 369 g/mol.